The van der Waals surface area contributed by atoms with Crippen LogP contribution in [0.5, 0.6) is 5.75 Å². The summed E-state index contributed by atoms with van der Waals surface area (Å²) < 4.78 is 5.32. The Morgan fingerprint density at radius 3 is 2.96 bits per heavy atom. The van der Waals surface area contributed by atoms with Crippen LogP contribution in [0.4, 0.5) is 0 Å². The molecule has 1 saturated carbocycles. The molecule has 4 rings (SSSR count). The van der Waals surface area contributed by atoms with Gasteiger partial charge in [-0.3, -0.25) is 4.79 Å². The highest BCUT2D eigenvalue weighted by molar-refractivity contribution is 5.85. The molecule has 1 aliphatic heterocycles. The number of aryl methyl sites for hydroxylation is 1. The zero-order chi connectivity index (χ0) is 19.2. The minimum absolute atomic E-state index is 0.00384. The average Bonchev–Trinajstić information content (AvgIpc) is 2.63. The van der Waals surface area contributed by atoms with Gasteiger partial charge in [0, 0.05) is 30.5 Å². The van der Waals surface area contributed by atoms with E-state index in [0.717, 1.165) is 31.1 Å². The molecule has 144 valence electrons. The highest BCUT2D eigenvalue weighted by Crippen LogP contribution is 2.39. The van der Waals surface area contributed by atoms with E-state index in [1.54, 1.807) is 17.9 Å². The molecule has 6 nitrogen and oxygen atoms in total. The first-order valence-electron chi connectivity index (χ1n) is 9.63. The van der Waals surface area contributed by atoms with Crippen molar-refractivity contribution in [3.63, 3.8) is 0 Å². The number of fused-ring (bicyclic) bond motifs is 2. The lowest BCUT2D eigenvalue weighted by molar-refractivity contribution is -0.142. The number of hydrogen-bond acceptors (Lipinski definition) is 5. The van der Waals surface area contributed by atoms with E-state index in [1.165, 1.54) is 12.1 Å². The number of benzene rings is 1. The zero-order valence-corrected chi connectivity index (χ0v) is 15.5. The average molecular weight is 371 g/mol. The highest BCUT2D eigenvalue weighted by atomic mass is 16.4. The van der Waals surface area contributed by atoms with Crippen LogP contribution in [-0.2, 0) is 11.2 Å². The van der Waals surface area contributed by atoms with Crippen molar-refractivity contribution < 1.29 is 19.4 Å². The molecule has 2 aliphatic rings. The molecule has 6 heteroatoms. The van der Waals surface area contributed by atoms with E-state index >= 15 is 0 Å². The molecule has 0 unspecified atom stereocenters. The number of carbonyl (C=O) groups is 1. The van der Waals surface area contributed by atoms with Crippen molar-refractivity contribution in [3.05, 3.63) is 39.7 Å². The van der Waals surface area contributed by atoms with Crippen LogP contribution in [-0.4, -0.2) is 39.7 Å². The molecule has 0 bridgehead atoms. The van der Waals surface area contributed by atoms with Crippen molar-refractivity contribution in [1.29, 1.82) is 0 Å². The number of amides is 1. The van der Waals surface area contributed by atoms with Crippen LogP contribution in [0.1, 0.15) is 43.2 Å². The van der Waals surface area contributed by atoms with Gasteiger partial charge in [0.15, 0.2) is 0 Å². The van der Waals surface area contributed by atoms with Gasteiger partial charge in [-0.15, -0.1) is 0 Å². The van der Waals surface area contributed by atoms with Gasteiger partial charge in [-0.05, 0) is 43.9 Å². The summed E-state index contributed by atoms with van der Waals surface area (Å²) in [5.41, 5.74) is 0.224. The van der Waals surface area contributed by atoms with Gasteiger partial charge in [0.2, 0.25) is 5.91 Å². The first-order valence-corrected chi connectivity index (χ1v) is 9.63. The number of carbonyl (C=O) groups excluding carboxylic acids is 1. The fourth-order valence-electron chi connectivity index (χ4n) is 4.65. The fraction of sp³-hybridized carbons (Fsp3) is 0.524. The number of aromatic hydroxyl groups is 1. The lowest BCUT2D eigenvalue weighted by Gasteiger charge is -2.47. The summed E-state index contributed by atoms with van der Waals surface area (Å²) in [7, 11) is 0. The molecule has 27 heavy (non-hydrogen) atoms. The highest BCUT2D eigenvalue weighted by Gasteiger charge is 2.43. The number of phenols is 1. The van der Waals surface area contributed by atoms with E-state index in [2.05, 4.69) is 0 Å². The second kappa shape index (κ2) is 6.68. The molecule has 1 aliphatic carbocycles. The summed E-state index contributed by atoms with van der Waals surface area (Å²) in [5.74, 6) is 0.0550. The summed E-state index contributed by atoms with van der Waals surface area (Å²) >= 11 is 0. The molecule has 0 radical (unpaired) electrons. The van der Waals surface area contributed by atoms with E-state index in [0.29, 0.717) is 36.2 Å². The van der Waals surface area contributed by atoms with Gasteiger partial charge in [-0.2, -0.15) is 0 Å². The third-order valence-corrected chi connectivity index (χ3v) is 6.38. The van der Waals surface area contributed by atoms with E-state index in [-0.39, 0.29) is 24.0 Å². The van der Waals surface area contributed by atoms with Gasteiger partial charge >= 0.3 is 5.63 Å². The number of phenolic OH excluding ortho intramolecular Hbond substituents is 1. The number of nitrogens with zero attached hydrogens (tertiary/aromatic N) is 1. The summed E-state index contributed by atoms with van der Waals surface area (Å²) in [6.07, 6.45) is 4.51. The molecule has 1 saturated heterocycles. The summed E-state index contributed by atoms with van der Waals surface area (Å²) in [6, 6.07) is 4.64. The van der Waals surface area contributed by atoms with Crippen LogP contribution < -0.4 is 5.63 Å². The van der Waals surface area contributed by atoms with Gasteiger partial charge < -0.3 is 19.5 Å². The van der Waals surface area contributed by atoms with Gasteiger partial charge in [-0.1, -0.05) is 12.8 Å². The maximum absolute atomic E-state index is 12.9. The Morgan fingerprint density at radius 1 is 1.33 bits per heavy atom. The van der Waals surface area contributed by atoms with Gasteiger partial charge in [-0.25, -0.2) is 4.79 Å². The molecule has 2 aromatic rings. The van der Waals surface area contributed by atoms with Gasteiger partial charge in [0.1, 0.15) is 11.3 Å². The molecule has 2 heterocycles. The molecule has 1 amide bonds. The maximum Gasteiger partial charge on any atom is 0.340 e. The van der Waals surface area contributed by atoms with Crippen molar-refractivity contribution in [2.24, 2.45) is 5.92 Å². The largest absolute Gasteiger partial charge is 0.508 e. The number of hydrogen-bond donors (Lipinski definition) is 2. The molecular weight excluding hydrogens is 346 g/mol. The van der Waals surface area contributed by atoms with Crippen LogP contribution in [0.3, 0.4) is 0 Å². The van der Waals surface area contributed by atoms with Crippen LogP contribution in [0.25, 0.3) is 11.0 Å². The van der Waals surface area contributed by atoms with E-state index in [4.69, 9.17) is 4.42 Å². The first kappa shape index (κ1) is 18.0. The number of rotatable bonds is 2. The summed E-state index contributed by atoms with van der Waals surface area (Å²) in [6.45, 7) is 2.88. The molecule has 1 aromatic carbocycles. The molecule has 1 aromatic heterocycles. The quantitative estimate of drug-likeness (QED) is 0.792. The third kappa shape index (κ3) is 3.23. The lowest BCUT2D eigenvalue weighted by atomic mass is 9.71. The summed E-state index contributed by atoms with van der Waals surface area (Å²) in [4.78, 5) is 27.1. The van der Waals surface area contributed by atoms with E-state index in [9.17, 15) is 19.8 Å². The Hall–Kier alpha value is -2.34. The van der Waals surface area contributed by atoms with Crippen LogP contribution in [0.2, 0.25) is 0 Å². The molecule has 2 atom stereocenters. The van der Waals surface area contributed by atoms with Crippen LogP contribution in [0, 0.1) is 12.8 Å². The Balaban J connectivity index is 1.56. The van der Waals surface area contributed by atoms with Crippen molar-refractivity contribution in [3.8, 4) is 5.75 Å². The van der Waals surface area contributed by atoms with Gasteiger partial charge in [0.25, 0.3) is 0 Å². The van der Waals surface area contributed by atoms with Gasteiger partial charge in [0.05, 0.1) is 17.6 Å². The first-order chi connectivity index (χ1) is 12.9. The van der Waals surface area contributed by atoms with E-state index in [1.807, 2.05) is 0 Å². The Morgan fingerprint density at radius 2 is 2.15 bits per heavy atom. The lowest BCUT2D eigenvalue weighted by Crippen LogP contribution is -2.55. The standard InChI is InChI=1S/C21H25NO5/c1-13-16-6-5-15(23)10-18(16)27-20(25)17(13)11-19(24)22-9-8-21(26)7-3-2-4-14(21)12-22/h5-6,10,14,23,26H,2-4,7-9,11-12H2,1H3/t14-,21-/m1/s1. The Kier molecular flexibility index (Phi) is 4.46. The monoisotopic (exact) mass is 371 g/mol. The van der Waals surface area contributed by atoms with Crippen molar-refractivity contribution in [2.75, 3.05) is 13.1 Å². The second-order valence-electron chi connectivity index (χ2n) is 7.99. The topological polar surface area (TPSA) is 91.0 Å². The molecular formula is C21H25NO5. The van der Waals surface area contributed by atoms with Crippen molar-refractivity contribution >= 4 is 16.9 Å². The van der Waals surface area contributed by atoms with Crippen LogP contribution in [0.15, 0.2) is 27.4 Å². The number of likely N-dealkylation sites (tertiary alicyclic amines) is 1. The Bertz CT molecular complexity index is 949. The Labute approximate surface area is 157 Å². The van der Waals surface area contributed by atoms with E-state index < -0.39 is 11.2 Å². The molecule has 2 N–H and O–H groups in total. The third-order valence-electron chi connectivity index (χ3n) is 6.38. The molecule has 0 spiro atoms. The number of piperidine rings is 1. The minimum atomic E-state index is -0.630. The fourth-order valence-corrected chi connectivity index (χ4v) is 4.65. The van der Waals surface area contributed by atoms with Crippen molar-refractivity contribution in [2.45, 2.75) is 51.0 Å². The summed E-state index contributed by atoms with van der Waals surface area (Å²) in [5, 5.41) is 21.1. The predicted octanol–water partition coefficient (Wildman–Crippen LogP) is 2.50. The normalized spacial score (nSPS) is 25.4. The zero-order valence-electron chi connectivity index (χ0n) is 15.5. The second-order valence-corrected chi connectivity index (χ2v) is 7.99. The maximum atomic E-state index is 12.9. The number of aliphatic hydroxyl groups is 1. The smallest absolute Gasteiger partial charge is 0.340 e. The SMILES string of the molecule is Cc1c(CC(=O)N2CC[C@]3(O)CCCC[C@@H]3C2)c(=O)oc2cc(O)ccc12. The van der Waals surface area contributed by atoms with Crippen LogP contribution >= 0.6 is 0 Å². The van der Waals surface area contributed by atoms with Crippen molar-refractivity contribution in [1.82, 2.24) is 4.90 Å². The predicted molar refractivity (Wildman–Crippen MR) is 101 cm³/mol. The molecule has 2 fully saturated rings. The minimum Gasteiger partial charge on any atom is -0.508 e.